The van der Waals surface area contributed by atoms with E-state index in [2.05, 4.69) is 10.2 Å². The SMILES string of the molecule is O=C(C1CCOc2ccccc21)N1CC[C@H]2CNC[C@H]21. The van der Waals surface area contributed by atoms with E-state index in [0.29, 0.717) is 24.5 Å². The third-order valence-corrected chi connectivity index (χ3v) is 4.98. The minimum Gasteiger partial charge on any atom is -0.493 e. The molecule has 4 nitrogen and oxygen atoms in total. The lowest BCUT2D eigenvalue weighted by Crippen LogP contribution is -2.42. The number of amides is 1. The second-order valence-electron chi connectivity index (χ2n) is 6.03. The van der Waals surface area contributed by atoms with Crippen molar-refractivity contribution in [2.24, 2.45) is 5.92 Å². The van der Waals surface area contributed by atoms with E-state index in [9.17, 15) is 4.79 Å². The Morgan fingerprint density at radius 3 is 3.10 bits per heavy atom. The van der Waals surface area contributed by atoms with Gasteiger partial charge in [-0.25, -0.2) is 0 Å². The van der Waals surface area contributed by atoms with Crippen LogP contribution in [-0.4, -0.2) is 43.1 Å². The number of carbonyl (C=O) groups excluding carboxylic acids is 1. The Morgan fingerprint density at radius 2 is 2.15 bits per heavy atom. The number of carbonyl (C=O) groups is 1. The topological polar surface area (TPSA) is 41.6 Å². The molecular weight excluding hydrogens is 252 g/mol. The van der Waals surface area contributed by atoms with E-state index in [4.69, 9.17) is 4.74 Å². The average molecular weight is 272 g/mol. The summed E-state index contributed by atoms with van der Waals surface area (Å²) in [5, 5.41) is 3.41. The summed E-state index contributed by atoms with van der Waals surface area (Å²) in [6.45, 7) is 3.60. The summed E-state index contributed by atoms with van der Waals surface area (Å²) in [6.07, 6.45) is 1.95. The van der Waals surface area contributed by atoms with Crippen molar-refractivity contribution in [3.63, 3.8) is 0 Å². The molecule has 2 saturated heterocycles. The van der Waals surface area contributed by atoms with Crippen molar-refractivity contribution in [2.45, 2.75) is 24.8 Å². The van der Waals surface area contributed by atoms with Crippen LogP contribution in [0, 0.1) is 5.92 Å². The van der Waals surface area contributed by atoms with E-state index in [-0.39, 0.29) is 5.92 Å². The van der Waals surface area contributed by atoms with E-state index in [1.165, 1.54) is 0 Å². The number of para-hydroxylation sites is 1. The number of ether oxygens (including phenoxy) is 1. The number of hydrogen-bond acceptors (Lipinski definition) is 3. The Kier molecular flexibility index (Phi) is 2.91. The Hall–Kier alpha value is -1.55. The number of hydrogen-bond donors (Lipinski definition) is 1. The first-order valence-corrected chi connectivity index (χ1v) is 7.57. The number of likely N-dealkylation sites (tertiary alicyclic amines) is 1. The van der Waals surface area contributed by atoms with Crippen molar-refractivity contribution < 1.29 is 9.53 Å². The Balaban J connectivity index is 1.60. The van der Waals surface area contributed by atoms with E-state index in [0.717, 1.165) is 43.8 Å². The minimum atomic E-state index is -0.0145. The molecule has 3 heterocycles. The zero-order valence-electron chi connectivity index (χ0n) is 11.5. The first kappa shape index (κ1) is 12.2. The molecule has 0 aliphatic carbocycles. The van der Waals surface area contributed by atoms with E-state index >= 15 is 0 Å². The molecule has 3 aliphatic rings. The minimum absolute atomic E-state index is 0.0145. The summed E-state index contributed by atoms with van der Waals surface area (Å²) >= 11 is 0. The molecule has 2 fully saturated rings. The Morgan fingerprint density at radius 1 is 1.25 bits per heavy atom. The maximum Gasteiger partial charge on any atom is 0.230 e. The molecule has 3 atom stereocenters. The maximum absolute atomic E-state index is 12.9. The van der Waals surface area contributed by atoms with Gasteiger partial charge in [-0.2, -0.15) is 0 Å². The van der Waals surface area contributed by atoms with Crippen LogP contribution in [-0.2, 0) is 4.79 Å². The number of nitrogens with zero attached hydrogens (tertiary/aromatic N) is 1. The van der Waals surface area contributed by atoms with Crippen molar-refractivity contribution >= 4 is 5.91 Å². The van der Waals surface area contributed by atoms with Crippen LogP contribution in [0.25, 0.3) is 0 Å². The van der Waals surface area contributed by atoms with Gasteiger partial charge in [0.2, 0.25) is 5.91 Å². The molecule has 0 aromatic heterocycles. The Bertz CT molecular complexity index is 531. The highest BCUT2D eigenvalue weighted by atomic mass is 16.5. The van der Waals surface area contributed by atoms with Crippen molar-refractivity contribution in [3.05, 3.63) is 29.8 Å². The average Bonchev–Trinajstić information content (AvgIpc) is 3.09. The molecule has 20 heavy (non-hydrogen) atoms. The molecule has 0 radical (unpaired) electrons. The van der Waals surface area contributed by atoms with Crippen LogP contribution in [0.3, 0.4) is 0 Å². The summed E-state index contributed by atoms with van der Waals surface area (Å²) in [7, 11) is 0. The molecule has 4 heteroatoms. The van der Waals surface area contributed by atoms with E-state index < -0.39 is 0 Å². The highest BCUT2D eigenvalue weighted by Crippen LogP contribution is 2.37. The second-order valence-corrected chi connectivity index (χ2v) is 6.03. The highest BCUT2D eigenvalue weighted by molar-refractivity contribution is 5.85. The van der Waals surface area contributed by atoms with Crippen LogP contribution in [0.1, 0.15) is 24.3 Å². The number of rotatable bonds is 1. The van der Waals surface area contributed by atoms with Crippen molar-refractivity contribution in [3.8, 4) is 5.75 Å². The van der Waals surface area contributed by atoms with Crippen molar-refractivity contribution in [1.82, 2.24) is 10.2 Å². The van der Waals surface area contributed by atoms with Gasteiger partial charge in [-0.05, 0) is 24.8 Å². The molecule has 1 amide bonds. The Labute approximate surface area is 119 Å². The molecule has 0 spiro atoms. The van der Waals surface area contributed by atoms with Crippen LogP contribution in [0.2, 0.25) is 0 Å². The van der Waals surface area contributed by atoms with Crippen LogP contribution >= 0.6 is 0 Å². The fourth-order valence-electron chi connectivity index (χ4n) is 3.92. The molecule has 1 aromatic rings. The van der Waals surface area contributed by atoms with Crippen LogP contribution in [0.4, 0.5) is 0 Å². The maximum atomic E-state index is 12.9. The molecule has 0 saturated carbocycles. The standard InChI is InChI=1S/C16H20N2O2/c19-16(18-7-5-11-9-17-10-14(11)18)13-6-8-20-15-4-2-1-3-12(13)15/h1-4,11,13-14,17H,5-10H2/t11-,13?,14+/m0/s1. The first-order valence-electron chi connectivity index (χ1n) is 7.57. The van der Waals surface area contributed by atoms with Gasteiger partial charge >= 0.3 is 0 Å². The van der Waals surface area contributed by atoms with Crippen molar-refractivity contribution in [1.29, 1.82) is 0 Å². The molecule has 4 rings (SSSR count). The molecular formula is C16H20N2O2. The normalized spacial score (nSPS) is 31.6. The van der Waals surface area contributed by atoms with Gasteiger partial charge in [0.1, 0.15) is 5.75 Å². The lowest BCUT2D eigenvalue weighted by molar-refractivity contribution is -0.134. The van der Waals surface area contributed by atoms with Gasteiger partial charge in [0.15, 0.2) is 0 Å². The van der Waals surface area contributed by atoms with Crippen LogP contribution in [0.5, 0.6) is 5.75 Å². The summed E-state index contributed by atoms with van der Waals surface area (Å²) in [6, 6.07) is 8.39. The fraction of sp³-hybridized carbons (Fsp3) is 0.562. The predicted octanol–water partition coefficient (Wildman–Crippen LogP) is 1.37. The van der Waals surface area contributed by atoms with Gasteiger partial charge in [-0.1, -0.05) is 18.2 Å². The second kappa shape index (κ2) is 4.77. The van der Waals surface area contributed by atoms with Crippen molar-refractivity contribution in [2.75, 3.05) is 26.2 Å². The van der Waals surface area contributed by atoms with Gasteiger partial charge in [0.05, 0.1) is 12.5 Å². The summed E-state index contributed by atoms with van der Waals surface area (Å²) in [4.78, 5) is 15.1. The van der Waals surface area contributed by atoms with Gasteiger partial charge in [0.25, 0.3) is 0 Å². The van der Waals surface area contributed by atoms with Gasteiger partial charge in [-0.15, -0.1) is 0 Å². The highest BCUT2D eigenvalue weighted by Gasteiger charge is 2.42. The zero-order chi connectivity index (χ0) is 13.5. The predicted molar refractivity (Wildman–Crippen MR) is 75.8 cm³/mol. The quantitative estimate of drug-likeness (QED) is 0.839. The molecule has 1 N–H and O–H groups in total. The number of nitrogens with one attached hydrogen (secondary N) is 1. The summed E-state index contributed by atoms with van der Waals surface area (Å²) in [5.41, 5.74) is 1.07. The smallest absolute Gasteiger partial charge is 0.230 e. The summed E-state index contributed by atoms with van der Waals surface area (Å²) in [5.74, 6) is 1.84. The van der Waals surface area contributed by atoms with Crippen LogP contribution in [0.15, 0.2) is 24.3 Å². The number of benzene rings is 1. The van der Waals surface area contributed by atoms with Gasteiger partial charge in [-0.3, -0.25) is 4.79 Å². The number of fused-ring (bicyclic) bond motifs is 2. The zero-order valence-corrected chi connectivity index (χ0v) is 11.5. The lowest BCUT2D eigenvalue weighted by Gasteiger charge is -2.31. The first-order chi connectivity index (χ1) is 9.84. The molecule has 1 aromatic carbocycles. The van der Waals surface area contributed by atoms with E-state index in [1.807, 2.05) is 24.3 Å². The van der Waals surface area contributed by atoms with Gasteiger partial charge < -0.3 is 15.0 Å². The molecule has 1 unspecified atom stereocenters. The molecule has 3 aliphatic heterocycles. The summed E-state index contributed by atoms with van der Waals surface area (Å²) < 4.78 is 5.67. The molecule has 0 bridgehead atoms. The van der Waals surface area contributed by atoms with E-state index in [1.54, 1.807) is 0 Å². The van der Waals surface area contributed by atoms with Crippen LogP contribution < -0.4 is 10.1 Å². The largest absolute Gasteiger partial charge is 0.493 e. The lowest BCUT2D eigenvalue weighted by atomic mass is 9.91. The van der Waals surface area contributed by atoms with Gasteiger partial charge in [0, 0.05) is 31.2 Å². The monoisotopic (exact) mass is 272 g/mol. The third kappa shape index (κ3) is 1.82. The third-order valence-electron chi connectivity index (χ3n) is 4.98. The fourth-order valence-corrected chi connectivity index (χ4v) is 3.92. The molecule has 106 valence electrons.